The molecule has 0 amide bonds. The maximum Gasteiger partial charge on any atom is 0.00445 e. The largest absolute Gasteiger partial charge is 0.319 e. The first kappa shape index (κ1) is 13.9. The second-order valence-corrected chi connectivity index (χ2v) is 4.19. The van der Waals surface area contributed by atoms with E-state index in [1.807, 2.05) is 13.8 Å². The molecule has 1 aliphatic heterocycles. The van der Waals surface area contributed by atoms with E-state index in [2.05, 4.69) is 31.5 Å². The molecule has 2 nitrogen and oxygen atoms in total. The van der Waals surface area contributed by atoms with Gasteiger partial charge in [0.05, 0.1) is 0 Å². The molecule has 0 radical (unpaired) electrons. The van der Waals surface area contributed by atoms with Gasteiger partial charge in [-0.2, -0.15) is 0 Å². The Labute approximate surface area is 89.9 Å². The molecule has 0 spiro atoms. The van der Waals surface area contributed by atoms with Crippen molar-refractivity contribution < 1.29 is 0 Å². The molecule has 0 aliphatic carbocycles. The van der Waals surface area contributed by atoms with Crippen LogP contribution in [-0.4, -0.2) is 26.2 Å². The summed E-state index contributed by atoms with van der Waals surface area (Å²) in [5.41, 5.74) is 0.569. The Kier molecular flexibility index (Phi) is 7.20. The second kappa shape index (κ2) is 7.24. The Balaban J connectivity index is 0.000000791. The van der Waals surface area contributed by atoms with E-state index in [4.69, 9.17) is 0 Å². The highest BCUT2D eigenvalue weighted by Crippen LogP contribution is 2.33. The standard InChI is InChI=1S/C10H22N2.C2H6/c1-4-10(8-11-3)5-6-12-9(2)7-10;1-2/h9,11-12H,4-8H2,1-3H3;1-2H3. The zero-order chi connectivity index (χ0) is 11.0. The van der Waals surface area contributed by atoms with E-state index in [0.29, 0.717) is 11.5 Å². The van der Waals surface area contributed by atoms with E-state index in [1.165, 1.54) is 32.4 Å². The average molecular weight is 200 g/mol. The fraction of sp³-hybridized carbons (Fsp3) is 1.00. The monoisotopic (exact) mass is 200 g/mol. The molecular formula is C12H28N2. The van der Waals surface area contributed by atoms with Crippen LogP contribution in [-0.2, 0) is 0 Å². The summed E-state index contributed by atoms with van der Waals surface area (Å²) in [5, 5.41) is 6.82. The quantitative estimate of drug-likeness (QED) is 0.731. The number of hydrogen-bond acceptors (Lipinski definition) is 2. The molecule has 1 aliphatic rings. The van der Waals surface area contributed by atoms with Crippen LogP contribution in [0.2, 0.25) is 0 Å². The van der Waals surface area contributed by atoms with Crippen LogP contribution in [0.25, 0.3) is 0 Å². The lowest BCUT2D eigenvalue weighted by Crippen LogP contribution is -2.46. The summed E-state index contributed by atoms with van der Waals surface area (Å²) in [4.78, 5) is 0. The highest BCUT2D eigenvalue weighted by atomic mass is 14.9. The molecule has 0 saturated carbocycles. The third kappa shape index (κ3) is 3.97. The van der Waals surface area contributed by atoms with Gasteiger partial charge >= 0.3 is 0 Å². The molecule has 14 heavy (non-hydrogen) atoms. The van der Waals surface area contributed by atoms with Crippen molar-refractivity contribution in [3.63, 3.8) is 0 Å². The zero-order valence-corrected chi connectivity index (χ0v) is 10.6. The first-order chi connectivity index (χ1) is 6.72. The van der Waals surface area contributed by atoms with Crippen LogP contribution in [0.15, 0.2) is 0 Å². The average Bonchev–Trinajstić information content (AvgIpc) is 2.21. The first-order valence-corrected chi connectivity index (χ1v) is 6.10. The smallest absolute Gasteiger partial charge is 0.00445 e. The van der Waals surface area contributed by atoms with Gasteiger partial charge in [-0.1, -0.05) is 20.8 Å². The summed E-state index contributed by atoms with van der Waals surface area (Å²) < 4.78 is 0. The maximum absolute atomic E-state index is 3.50. The van der Waals surface area contributed by atoms with Crippen molar-refractivity contribution in [1.82, 2.24) is 10.6 Å². The summed E-state index contributed by atoms with van der Waals surface area (Å²) in [6.45, 7) is 11.0. The molecule has 1 rings (SSSR count). The molecule has 0 aromatic rings. The van der Waals surface area contributed by atoms with Gasteiger partial charge in [-0.25, -0.2) is 0 Å². The SMILES string of the molecule is CC.CCC1(CNC)CCNC(C)C1. The van der Waals surface area contributed by atoms with Crippen molar-refractivity contribution in [3.8, 4) is 0 Å². The van der Waals surface area contributed by atoms with Crippen molar-refractivity contribution >= 4 is 0 Å². The number of rotatable bonds is 3. The van der Waals surface area contributed by atoms with E-state index in [0.717, 1.165) is 0 Å². The molecule has 0 aromatic carbocycles. The first-order valence-electron chi connectivity index (χ1n) is 6.10. The highest BCUT2D eigenvalue weighted by Gasteiger charge is 2.32. The molecule has 0 aromatic heterocycles. The Bertz CT molecular complexity index is 132. The third-order valence-electron chi connectivity index (χ3n) is 3.19. The predicted octanol–water partition coefficient (Wildman–Crippen LogP) is 2.40. The van der Waals surface area contributed by atoms with Crippen LogP contribution in [0.1, 0.15) is 47.0 Å². The van der Waals surface area contributed by atoms with Crippen LogP contribution < -0.4 is 10.6 Å². The Morgan fingerprint density at radius 1 is 1.43 bits per heavy atom. The van der Waals surface area contributed by atoms with Gasteiger partial charge in [0.25, 0.3) is 0 Å². The van der Waals surface area contributed by atoms with E-state index in [-0.39, 0.29) is 0 Å². The lowest BCUT2D eigenvalue weighted by atomic mass is 9.74. The number of piperidine rings is 1. The summed E-state index contributed by atoms with van der Waals surface area (Å²) >= 11 is 0. The highest BCUT2D eigenvalue weighted by molar-refractivity contribution is 4.88. The Morgan fingerprint density at radius 3 is 2.50 bits per heavy atom. The molecule has 86 valence electrons. The van der Waals surface area contributed by atoms with E-state index >= 15 is 0 Å². The van der Waals surface area contributed by atoms with Crippen LogP contribution in [0.3, 0.4) is 0 Å². The van der Waals surface area contributed by atoms with Crippen molar-refractivity contribution in [2.75, 3.05) is 20.1 Å². The van der Waals surface area contributed by atoms with Crippen LogP contribution in [0.4, 0.5) is 0 Å². The van der Waals surface area contributed by atoms with Crippen LogP contribution in [0.5, 0.6) is 0 Å². The van der Waals surface area contributed by atoms with Gasteiger partial charge in [0.15, 0.2) is 0 Å². The van der Waals surface area contributed by atoms with E-state index < -0.39 is 0 Å². The van der Waals surface area contributed by atoms with Gasteiger partial charge in [-0.05, 0) is 45.2 Å². The molecular weight excluding hydrogens is 172 g/mol. The maximum atomic E-state index is 3.50. The molecule has 1 saturated heterocycles. The molecule has 0 bridgehead atoms. The molecule has 2 N–H and O–H groups in total. The fourth-order valence-electron chi connectivity index (χ4n) is 2.39. The summed E-state index contributed by atoms with van der Waals surface area (Å²) in [6.07, 6.45) is 3.96. The van der Waals surface area contributed by atoms with Gasteiger partial charge in [0.1, 0.15) is 0 Å². The second-order valence-electron chi connectivity index (χ2n) is 4.19. The summed E-state index contributed by atoms with van der Waals surface area (Å²) in [5.74, 6) is 0. The van der Waals surface area contributed by atoms with Gasteiger partial charge in [-0.15, -0.1) is 0 Å². The molecule has 1 fully saturated rings. The van der Waals surface area contributed by atoms with E-state index in [1.54, 1.807) is 0 Å². The zero-order valence-electron chi connectivity index (χ0n) is 10.6. The van der Waals surface area contributed by atoms with Crippen molar-refractivity contribution in [2.45, 2.75) is 53.0 Å². The summed E-state index contributed by atoms with van der Waals surface area (Å²) in [7, 11) is 2.06. The fourth-order valence-corrected chi connectivity index (χ4v) is 2.39. The topological polar surface area (TPSA) is 24.1 Å². The minimum Gasteiger partial charge on any atom is -0.319 e. The Morgan fingerprint density at radius 2 is 2.07 bits per heavy atom. The number of hydrogen-bond donors (Lipinski definition) is 2. The van der Waals surface area contributed by atoms with Gasteiger partial charge < -0.3 is 10.6 Å². The third-order valence-corrected chi connectivity index (χ3v) is 3.19. The molecule has 2 unspecified atom stereocenters. The minimum atomic E-state index is 0.569. The number of nitrogens with one attached hydrogen (secondary N) is 2. The van der Waals surface area contributed by atoms with Crippen molar-refractivity contribution in [1.29, 1.82) is 0 Å². The molecule has 2 heteroatoms. The Hall–Kier alpha value is -0.0800. The van der Waals surface area contributed by atoms with Gasteiger partial charge in [0.2, 0.25) is 0 Å². The van der Waals surface area contributed by atoms with Crippen LogP contribution in [0, 0.1) is 5.41 Å². The summed E-state index contributed by atoms with van der Waals surface area (Å²) in [6, 6.07) is 0.701. The predicted molar refractivity (Wildman–Crippen MR) is 64.7 cm³/mol. The van der Waals surface area contributed by atoms with E-state index in [9.17, 15) is 0 Å². The van der Waals surface area contributed by atoms with Gasteiger partial charge in [0, 0.05) is 12.6 Å². The minimum absolute atomic E-state index is 0.569. The molecule has 2 atom stereocenters. The van der Waals surface area contributed by atoms with Crippen molar-refractivity contribution in [2.24, 2.45) is 5.41 Å². The lowest BCUT2D eigenvalue weighted by molar-refractivity contribution is 0.161. The normalized spacial score (nSPS) is 31.9. The van der Waals surface area contributed by atoms with Crippen LogP contribution >= 0.6 is 0 Å². The molecule has 1 heterocycles. The van der Waals surface area contributed by atoms with Gasteiger partial charge in [-0.3, -0.25) is 0 Å². The lowest BCUT2D eigenvalue weighted by Gasteiger charge is -2.40. The van der Waals surface area contributed by atoms with Crippen molar-refractivity contribution in [3.05, 3.63) is 0 Å².